The Kier molecular flexibility index (Phi) is 8.50. The van der Waals surface area contributed by atoms with Crippen LogP contribution in [0.5, 0.6) is 5.75 Å². The number of piperazine rings is 1. The van der Waals surface area contributed by atoms with Crippen molar-refractivity contribution in [1.29, 1.82) is 0 Å². The molecule has 0 spiro atoms. The second-order valence-electron chi connectivity index (χ2n) is 7.64. The third-order valence-electron chi connectivity index (χ3n) is 5.59. The highest BCUT2D eigenvalue weighted by atomic mass is 16.5. The molecular weight excluding hydrogens is 364 g/mol. The molecule has 5 nitrogen and oxygen atoms in total. The van der Waals surface area contributed by atoms with Crippen LogP contribution in [0.4, 0.5) is 0 Å². The van der Waals surface area contributed by atoms with Gasteiger partial charge >= 0.3 is 0 Å². The second-order valence-corrected chi connectivity index (χ2v) is 7.64. The van der Waals surface area contributed by atoms with E-state index in [1.54, 1.807) is 7.11 Å². The standard InChI is InChI=1S/C24H34N2O3/c1-3-29-19-22-15-21(9-10-24(22)28-2)16-25-12-13-26(23(18-25)11-14-27)17-20-7-5-4-6-8-20/h4-10,15,23,27H,3,11-14,16-19H2,1-2H3/t23-/m1/s1. The Labute approximate surface area is 174 Å². The van der Waals surface area contributed by atoms with Crippen molar-refractivity contribution >= 4 is 0 Å². The number of hydrogen-bond acceptors (Lipinski definition) is 5. The van der Waals surface area contributed by atoms with Crippen LogP contribution in [-0.4, -0.2) is 60.9 Å². The fourth-order valence-electron chi connectivity index (χ4n) is 4.06. The van der Waals surface area contributed by atoms with Gasteiger partial charge in [-0.3, -0.25) is 9.80 Å². The summed E-state index contributed by atoms with van der Waals surface area (Å²) in [7, 11) is 1.70. The zero-order chi connectivity index (χ0) is 20.5. The topological polar surface area (TPSA) is 45.2 Å². The van der Waals surface area contributed by atoms with Gasteiger partial charge < -0.3 is 14.6 Å². The van der Waals surface area contributed by atoms with Crippen LogP contribution >= 0.6 is 0 Å². The van der Waals surface area contributed by atoms with Gasteiger partial charge in [-0.1, -0.05) is 36.4 Å². The average Bonchev–Trinajstić information content (AvgIpc) is 2.75. The zero-order valence-electron chi connectivity index (χ0n) is 17.7. The van der Waals surface area contributed by atoms with Gasteiger partial charge in [0.15, 0.2) is 0 Å². The molecule has 0 saturated carbocycles. The van der Waals surface area contributed by atoms with Crippen LogP contribution in [0.2, 0.25) is 0 Å². The van der Waals surface area contributed by atoms with Gasteiger partial charge in [-0.25, -0.2) is 0 Å². The lowest BCUT2D eigenvalue weighted by Gasteiger charge is -2.41. The van der Waals surface area contributed by atoms with E-state index in [1.807, 2.05) is 13.0 Å². The molecule has 1 saturated heterocycles. The van der Waals surface area contributed by atoms with E-state index >= 15 is 0 Å². The first-order valence-corrected chi connectivity index (χ1v) is 10.6. The molecule has 0 aromatic heterocycles. The molecule has 3 rings (SSSR count). The van der Waals surface area contributed by atoms with Gasteiger partial charge in [0.2, 0.25) is 0 Å². The maximum Gasteiger partial charge on any atom is 0.124 e. The lowest BCUT2D eigenvalue weighted by molar-refractivity contribution is 0.0499. The molecule has 1 N–H and O–H groups in total. The van der Waals surface area contributed by atoms with Crippen molar-refractivity contribution in [3.8, 4) is 5.75 Å². The van der Waals surface area contributed by atoms with E-state index in [-0.39, 0.29) is 6.61 Å². The SMILES string of the molecule is CCOCc1cc(CN2CCN(Cc3ccccc3)[C@H](CCO)C2)ccc1OC. The quantitative estimate of drug-likeness (QED) is 0.665. The van der Waals surface area contributed by atoms with E-state index in [0.717, 1.165) is 50.5 Å². The van der Waals surface area contributed by atoms with E-state index in [2.05, 4.69) is 52.3 Å². The number of nitrogens with zero attached hydrogens (tertiary/aromatic N) is 2. The Morgan fingerprint density at radius 2 is 1.86 bits per heavy atom. The molecule has 29 heavy (non-hydrogen) atoms. The van der Waals surface area contributed by atoms with Crippen LogP contribution in [-0.2, 0) is 24.4 Å². The highest BCUT2D eigenvalue weighted by Gasteiger charge is 2.26. The summed E-state index contributed by atoms with van der Waals surface area (Å²) < 4.78 is 11.1. The van der Waals surface area contributed by atoms with Crippen molar-refractivity contribution < 1.29 is 14.6 Å². The lowest BCUT2D eigenvalue weighted by Crippen LogP contribution is -2.52. The second kappa shape index (κ2) is 11.3. The van der Waals surface area contributed by atoms with Gasteiger partial charge in [-0.2, -0.15) is 0 Å². The molecule has 0 unspecified atom stereocenters. The predicted octanol–water partition coefficient (Wildman–Crippen LogP) is 3.30. The summed E-state index contributed by atoms with van der Waals surface area (Å²) in [4.78, 5) is 5.00. The van der Waals surface area contributed by atoms with Crippen molar-refractivity contribution in [2.75, 3.05) is 40.0 Å². The van der Waals surface area contributed by atoms with Crippen molar-refractivity contribution in [2.45, 2.75) is 39.1 Å². The smallest absolute Gasteiger partial charge is 0.124 e. The van der Waals surface area contributed by atoms with Gasteiger partial charge in [0.1, 0.15) is 5.75 Å². The molecule has 1 aliphatic heterocycles. The van der Waals surface area contributed by atoms with Gasteiger partial charge in [0.05, 0.1) is 13.7 Å². The van der Waals surface area contributed by atoms with Crippen molar-refractivity contribution in [3.63, 3.8) is 0 Å². The molecule has 2 aromatic rings. The number of benzene rings is 2. The van der Waals surface area contributed by atoms with E-state index < -0.39 is 0 Å². The zero-order valence-corrected chi connectivity index (χ0v) is 17.7. The number of ether oxygens (including phenoxy) is 2. The summed E-state index contributed by atoms with van der Waals surface area (Å²) in [6.45, 7) is 8.37. The molecule has 0 amide bonds. The first kappa shape index (κ1) is 21.8. The summed E-state index contributed by atoms with van der Waals surface area (Å²) in [5.74, 6) is 0.882. The Hall–Kier alpha value is -1.92. The largest absolute Gasteiger partial charge is 0.496 e. The number of aliphatic hydroxyl groups is 1. The predicted molar refractivity (Wildman–Crippen MR) is 116 cm³/mol. The highest BCUT2D eigenvalue weighted by Crippen LogP contribution is 2.23. The average molecular weight is 399 g/mol. The van der Waals surface area contributed by atoms with Crippen LogP contribution in [0.1, 0.15) is 30.0 Å². The summed E-state index contributed by atoms with van der Waals surface area (Å²) in [6, 6.07) is 17.4. The maximum atomic E-state index is 9.58. The first-order chi connectivity index (χ1) is 14.2. The lowest BCUT2D eigenvalue weighted by atomic mass is 10.0. The van der Waals surface area contributed by atoms with Gasteiger partial charge in [-0.15, -0.1) is 0 Å². The van der Waals surface area contributed by atoms with Gasteiger partial charge in [0.25, 0.3) is 0 Å². The van der Waals surface area contributed by atoms with Crippen LogP contribution in [0, 0.1) is 0 Å². The molecule has 1 atom stereocenters. The molecule has 0 aliphatic carbocycles. The third-order valence-corrected chi connectivity index (χ3v) is 5.59. The molecule has 158 valence electrons. The van der Waals surface area contributed by atoms with Crippen LogP contribution in [0.25, 0.3) is 0 Å². The molecule has 1 aliphatic rings. The Balaban J connectivity index is 1.63. The van der Waals surface area contributed by atoms with Crippen LogP contribution in [0.15, 0.2) is 48.5 Å². The minimum atomic E-state index is 0.227. The van der Waals surface area contributed by atoms with E-state index in [4.69, 9.17) is 9.47 Å². The number of rotatable bonds is 10. The van der Waals surface area contributed by atoms with Crippen molar-refractivity contribution in [3.05, 3.63) is 65.2 Å². The molecule has 1 heterocycles. The Bertz CT molecular complexity index is 738. The van der Waals surface area contributed by atoms with Crippen molar-refractivity contribution in [1.82, 2.24) is 9.80 Å². The Morgan fingerprint density at radius 1 is 1.03 bits per heavy atom. The third kappa shape index (κ3) is 6.28. The summed E-state index contributed by atoms with van der Waals surface area (Å²) in [5.41, 5.74) is 3.71. The molecular formula is C24H34N2O3. The van der Waals surface area contributed by atoms with Gasteiger partial charge in [0, 0.05) is 57.5 Å². The fraction of sp³-hybridized carbons (Fsp3) is 0.500. The summed E-state index contributed by atoms with van der Waals surface area (Å²) in [6.07, 6.45) is 0.807. The van der Waals surface area contributed by atoms with Gasteiger partial charge in [-0.05, 0) is 36.6 Å². The fourth-order valence-corrected chi connectivity index (χ4v) is 4.06. The summed E-state index contributed by atoms with van der Waals surface area (Å²) in [5, 5.41) is 9.58. The van der Waals surface area contributed by atoms with Crippen molar-refractivity contribution in [2.24, 2.45) is 0 Å². The minimum Gasteiger partial charge on any atom is -0.496 e. The van der Waals surface area contributed by atoms with E-state index in [0.29, 0.717) is 19.3 Å². The van der Waals surface area contributed by atoms with E-state index in [9.17, 15) is 5.11 Å². The van der Waals surface area contributed by atoms with E-state index in [1.165, 1.54) is 11.1 Å². The highest BCUT2D eigenvalue weighted by molar-refractivity contribution is 5.37. The number of aliphatic hydroxyl groups excluding tert-OH is 1. The number of hydrogen-bond donors (Lipinski definition) is 1. The molecule has 0 radical (unpaired) electrons. The minimum absolute atomic E-state index is 0.227. The Morgan fingerprint density at radius 3 is 2.59 bits per heavy atom. The molecule has 5 heteroatoms. The normalized spacial score (nSPS) is 18.1. The molecule has 0 bridgehead atoms. The molecule has 2 aromatic carbocycles. The monoisotopic (exact) mass is 398 g/mol. The number of methoxy groups -OCH3 is 1. The van der Waals surface area contributed by atoms with Crippen LogP contribution in [0.3, 0.4) is 0 Å². The summed E-state index contributed by atoms with van der Waals surface area (Å²) >= 11 is 0. The molecule has 1 fully saturated rings. The maximum absolute atomic E-state index is 9.58. The van der Waals surface area contributed by atoms with Crippen LogP contribution < -0.4 is 4.74 Å². The first-order valence-electron chi connectivity index (χ1n) is 10.6.